The van der Waals surface area contributed by atoms with Gasteiger partial charge >= 0.3 is 39.5 Å². The molecule has 0 spiro atoms. The van der Waals surface area contributed by atoms with Gasteiger partial charge < -0.3 is 33.8 Å². The molecule has 0 saturated heterocycles. The predicted octanol–water partition coefficient (Wildman–Crippen LogP) is 23.7. The van der Waals surface area contributed by atoms with Gasteiger partial charge in [0.05, 0.1) is 26.4 Å². The van der Waals surface area contributed by atoms with Crippen LogP contribution in [0.2, 0.25) is 0 Å². The number of phosphoric acid groups is 2. The van der Waals surface area contributed by atoms with Gasteiger partial charge in [-0.15, -0.1) is 0 Å². The van der Waals surface area contributed by atoms with E-state index in [-0.39, 0.29) is 25.7 Å². The number of ether oxygens (including phenoxy) is 4. The van der Waals surface area contributed by atoms with Gasteiger partial charge in [-0.1, -0.05) is 303 Å². The highest BCUT2D eigenvalue weighted by molar-refractivity contribution is 7.47. The number of aliphatic hydroxyl groups is 1. The quantitative estimate of drug-likeness (QED) is 0.0169. The van der Waals surface area contributed by atoms with Crippen LogP contribution >= 0.6 is 15.6 Å². The van der Waals surface area contributed by atoms with Gasteiger partial charge in [-0.3, -0.25) is 37.3 Å². The molecule has 0 radical (unpaired) electrons. The van der Waals surface area contributed by atoms with Crippen molar-refractivity contribution in [1.82, 2.24) is 0 Å². The molecule has 0 aliphatic carbocycles. The van der Waals surface area contributed by atoms with Crippen LogP contribution in [0, 0.1) is 0 Å². The Morgan fingerprint density at radius 3 is 0.808 bits per heavy atom. The van der Waals surface area contributed by atoms with Gasteiger partial charge in [0.15, 0.2) is 12.2 Å². The molecule has 0 aromatic carbocycles. The highest BCUT2D eigenvalue weighted by atomic mass is 31.2. The third-order valence-electron chi connectivity index (χ3n) is 16.6. The molecule has 0 rings (SSSR count). The highest BCUT2D eigenvalue weighted by Crippen LogP contribution is 2.45. The van der Waals surface area contributed by atoms with Crippen molar-refractivity contribution in [2.75, 3.05) is 39.6 Å². The molecule has 0 heterocycles. The number of carbonyl (C=O) groups is 4. The summed E-state index contributed by atoms with van der Waals surface area (Å²) in [6.45, 7) is 4.48. The molecule has 0 bridgehead atoms. The molecular formula is C85H144O17P2. The maximum atomic E-state index is 13.1. The van der Waals surface area contributed by atoms with E-state index < -0.39 is 97.5 Å². The second-order valence-electron chi connectivity index (χ2n) is 26.6. The SMILES string of the molecule is CC/C=C\C/C=C\C/C=C\C/C=C\C/C=C\CCCC(=O)OCC(COP(=O)(O)OCC(O)COP(=O)(O)OCC(COC(=O)CCCCCCCCC/C=C\C/C=C\C/C=C\CC)OC(=O)CCCCCCCCC/C=C\C/C=C\C/C=C\CC)OC(=O)CCCCCCCCCCCCCCC. The minimum atomic E-state index is -4.99. The van der Waals surface area contributed by atoms with E-state index in [0.717, 1.165) is 186 Å². The first kappa shape index (κ1) is 99.2. The second-order valence-corrected chi connectivity index (χ2v) is 29.5. The van der Waals surface area contributed by atoms with E-state index in [1.165, 1.54) is 51.4 Å². The van der Waals surface area contributed by atoms with E-state index in [4.69, 9.17) is 37.0 Å². The first-order valence-corrected chi connectivity index (χ1v) is 43.4. The minimum Gasteiger partial charge on any atom is -0.462 e. The van der Waals surface area contributed by atoms with Crippen LogP contribution in [0.1, 0.15) is 323 Å². The number of esters is 4. The Morgan fingerprint density at radius 1 is 0.279 bits per heavy atom. The number of aliphatic hydroxyl groups excluding tert-OH is 1. The summed E-state index contributed by atoms with van der Waals surface area (Å²) in [6, 6.07) is 0. The highest BCUT2D eigenvalue weighted by Gasteiger charge is 2.30. The summed E-state index contributed by atoms with van der Waals surface area (Å²) in [7, 11) is -9.98. The molecule has 0 fully saturated rings. The number of carbonyl (C=O) groups excluding carboxylic acids is 4. The van der Waals surface area contributed by atoms with E-state index in [2.05, 4.69) is 149 Å². The second kappa shape index (κ2) is 76.4. The lowest BCUT2D eigenvalue weighted by atomic mass is 10.0. The molecule has 596 valence electrons. The molecule has 0 aliphatic heterocycles. The van der Waals surface area contributed by atoms with Crippen LogP contribution in [-0.4, -0.2) is 96.7 Å². The van der Waals surface area contributed by atoms with E-state index in [9.17, 15) is 43.2 Å². The van der Waals surface area contributed by atoms with Crippen molar-refractivity contribution in [1.29, 1.82) is 0 Å². The largest absolute Gasteiger partial charge is 0.472 e. The number of rotatable bonds is 75. The van der Waals surface area contributed by atoms with Crippen LogP contribution in [0.5, 0.6) is 0 Å². The van der Waals surface area contributed by atoms with Crippen LogP contribution in [-0.2, 0) is 65.4 Å². The normalized spacial score (nSPS) is 14.6. The summed E-state index contributed by atoms with van der Waals surface area (Å²) >= 11 is 0. The summed E-state index contributed by atoms with van der Waals surface area (Å²) < 4.78 is 68.6. The van der Waals surface area contributed by atoms with E-state index >= 15 is 0 Å². The lowest BCUT2D eigenvalue weighted by Crippen LogP contribution is -2.30. The van der Waals surface area contributed by atoms with Crippen molar-refractivity contribution < 1.29 is 80.2 Å². The standard InChI is InChI=1S/C85H144O17P2/c1-5-9-13-17-21-25-29-33-36-39-42-46-49-53-57-61-65-69-82(87)95-75-80(101-84(89)71-67-63-59-55-51-45-32-28-24-20-16-12-8-4)77-99-103(91,92)97-73-79(86)74-98-104(93,94)100-78-81(102-85(90)72-68-64-60-56-52-48-44-41-38-35-31-27-23-19-15-11-7-3)76-96-83(88)70-66-62-58-54-50-47-43-40-37-34-30-26-22-18-14-10-6-2/h9-11,13-15,21-23,25-27,33-38,42,46,53,57,79-81,86H,5-8,12,16-20,24,28-32,39-41,43-45,47-52,54-56,58-78H2,1-4H3,(H,91,92)(H,93,94)/b13-9-,14-10-,15-11-,25-21-,26-22-,27-23-,36-33-,37-34-,38-35-,46-42-,57-53-. The zero-order valence-corrected chi connectivity index (χ0v) is 66.9. The van der Waals surface area contributed by atoms with Crippen molar-refractivity contribution >= 4 is 39.5 Å². The first-order valence-electron chi connectivity index (χ1n) is 40.4. The summed E-state index contributed by atoms with van der Waals surface area (Å²) in [6.07, 6.45) is 85.7. The number of unbranched alkanes of at least 4 members (excludes halogenated alkanes) is 27. The number of allylic oxidation sites excluding steroid dienone is 22. The van der Waals surface area contributed by atoms with Crippen LogP contribution in [0.4, 0.5) is 0 Å². The fraction of sp³-hybridized carbons (Fsp3) is 0.694. The average molecular weight is 1500 g/mol. The molecule has 104 heavy (non-hydrogen) atoms. The molecule has 0 aromatic rings. The molecule has 0 aromatic heterocycles. The Kier molecular flexibility index (Phi) is 72.9. The Balaban J connectivity index is 5.41. The number of hydrogen-bond acceptors (Lipinski definition) is 15. The number of phosphoric ester groups is 2. The molecule has 5 atom stereocenters. The lowest BCUT2D eigenvalue weighted by molar-refractivity contribution is -0.161. The van der Waals surface area contributed by atoms with Crippen molar-refractivity contribution in [2.45, 2.75) is 341 Å². The Labute approximate surface area is 631 Å². The lowest BCUT2D eigenvalue weighted by Gasteiger charge is -2.21. The van der Waals surface area contributed by atoms with E-state index in [0.29, 0.717) is 32.1 Å². The summed E-state index contributed by atoms with van der Waals surface area (Å²) in [5.41, 5.74) is 0. The Hall–Kier alpha value is -4.80. The van der Waals surface area contributed by atoms with Gasteiger partial charge in [0, 0.05) is 25.7 Å². The molecule has 19 heteroatoms. The van der Waals surface area contributed by atoms with E-state index in [1.54, 1.807) is 0 Å². The van der Waals surface area contributed by atoms with E-state index in [1.807, 2.05) is 12.2 Å². The molecule has 3 N–H and O–H groups in total. The van der Waals surface area contributed by atoms with Crippen molar-refractivity contribution in [3.63, 3.8) is 0 Å². The minimum absolute atomic E-state index is 0.0779. The summed E-state index contributed by atoms with van der Waals surface area (Å²) in [4.78, 5) is 73.1. The van der Waals surface area contributed by atoms with Gasteiger partial charge in [-0.2, -0.15) is 0 Å². The molecule has 0 amide bonds. The van der Waals surface area contributed by atoms with Gasteiger partial charge in [-0.05, 0) is 128 Å². The number of hydrogen-bond donors (Lipinski definition) is 3. The van der Waals surface area contributed by atoms with Gasteiger partial charge in [0.2, 0.25) is 0 Å². The summed E-state index contributed by atoms with van der Waals surface area (Å²) in [5.74, 6) is -2.25. The average Bonchev–Trinajstić information content (AvgIpc) is 0.910. The first-order chi connectivity index (χ1) is 50.7. The topological polar surface area (TPSA) is 237 Å². The fourth-order valence-electron chi connectivity index (χ4n) is 10.6. The third-order valence-corrected chi connectivity index (χ3v) is 18.5. The van der Waals surface area contributed by atoms with Crippen molar-refractivity contribution in [2.24, 2.45) is 0 Å². The zero-order valence-electron chi connectivity index (χ0n) is 65.2. The van der Waals surface area contributed by atoms with Crippen LogP contribution < -0.4 is 0 Å². The molecule has 0 aliphatic rings. The molecule has 17 nitrogen and oxygen atoms in total. The van der Waals surface area contributed by atoms with Gasteiger partial charge in [-0.25, -0.2) is 9.13 Å². The molecule has 5 unspecified atom stereocenters. The maximum absolute atomic E-state index is 13.1. The monoisotopic (exact) mass is 1500 g/mol. The van der Waals surface area contributed by atoms with Gasteiger partial charge in [0.1, 0.15) is 19.3 Å². The van der Waals surface area contributed by atoms with Crippen molar-refractivity contribution in [3.8, 4) is 0 Å². The zero-order chi connectivity index (χ0) is 76.0. The summed E-state index contributed by atoms with van der Waals surface area (Å²) in [5, 5.41) is 10.6. The predicted molar refractivity (Wildman–Crippen MR) is 427 cm³/mol. The van der Waals surface area contributed by atoms with Crippen LogP contribution in [0.25, 0.3) is 0 Å². The van der Waals surface area contributed by atoms with Crippen LogP contribution in [0.3, 0.4) is 0 Å². The molecule has 0 saturated carbocycles. The smallest absolute Gasteiger partial charge is 0.462 e. The maximum Gasteiger partial charge on any atom is 0.472 e. The van der Waals surface area contributed by atoms with Gasteiger partial charge in [0.25, 0.3) is 0 Å². The van der Waals surface area contributed by atoms with Crippen molar-refractivity contribution in [3.05, 3.63) is 134 Å². The third kappa shape index (κ3) is 75.4. The Morgan fingerprint density at radius 2 is 0.510 bits per heavy atom. The Bertz CT molecular complexity index is 2490. The molecular weight excluding hydrogens is 1350 g/mol. The fourth-order valence-corrected chi connectivity index (χ4v) is 12.2. The van der Waals surface area contributed by atoms with Crippen LogP contribution in [0.15, 0.2) is 134 Å².